The van der Waals surface area contributed by atoms with E-state index in [4.69, 9.17) is 4.52 Å². The van der Waals surface area contributed by atoms with Crippen LogP contribution in [0.2, 0.25) is 0 Å². The maximum atomic E-state index is 12.5. The van der Waals surface area contributed by atoms with Crippen molar-refractivity contribution >= 4 is 5.91 Å². The van der Waals surface area contributed by atoms with Crippen LogP contribution in [0.5, 0.6) is 0 Å². The Morgan fingerprint density at radius 3 is 3.05 bits per heavy atom. The summed E-state index contributed by atoms with van der Waals surface area (Å²) >= 11 is 0. The Labute approximate surface area is 123 Å². The van der Waals surface area contributed by atoms with E-state index < -0.39 is 0 Å². The van der Waals surface area contributed by atoms with Crippen molar-refractivity contribution in [1.82, 2.24) is 20.3 Å². The highest BCUT2D eigenvalue weighted by molar-refractivity contribution is 5.91. The minimum Gasteiger partial charge on any atom is -0.351 e. The van der Waals surface area contributed by atoms with Crippen LogP contribution in [0.25, 0.3) is 0 Å². The summed E-state index contributed by atoms with van der Waals surface area (Å²) in [5, 5.41) is 11.0. The van der Waals surface area contributed by atoms with E-state index >= 15 is 0 Å². The number of likely N-dealkylation sites (tertiary alicyclic amines) is 1. The van der Waals surface area contributed by atoms with Crippen LogP contribution in [0.15, 0.2) is 22.9 Å². The number of carbonyl (C=O) groups is 1. The molecule has 3 heterocycles. The first-order valence-electron chi connectivity index (χ1n) is 7.40. The van der Waals surface area contributed by atoms with E-state index in [0.717, 1.165) is 30.8 Å². The second kappa shape index (κ2) is 5.71. The molecule has 0 aliphatic carbocycles. The fraction of sp³-hybridized carbons (Fsp3) is 0.533. The molecule has 0 saturated carbocycles. The Balaban J connectivity index is 1.71. The first kappa shape index (κ1) is 13.9. The topological polar surface area (TPSA) is 75.0 Å². The first-order chi connectivity index (χ1) is 10.1. The highest BCUT2D eigenvalue weighted by Gasteiger charge is 2.28. The van der Waals surface area contributed by atoms with Crippen molar-refractivity contribution in [2.24, 2.45) is 0 Å². The summed E-state index contributed by atoms with van der Waals surface area (Å²) in [6.07, 6.45) is 3.81. The zero-order chi connectivity index (χ0) is 14.8. The van der Waals surface area contributed by atoms with Gasteiger partial charge in [0.05, 0.1) is 5.69 Å². The summed E-state index contributed by atoms with van der Waals surface area (Å²) in [6, 6.07) is 3.73. The lowest BCUT2D eigenvalue weighted by molar-refractivity contribution is 0.0663. The van der Waals surface area contributed by atoms with Gasteiger partial charge in [0.25, 0.3) is 5.91 Å². The largest absolute Gasteiger partial charge is 0.351 e. The molecule has 2 aromatic rings. The Morgan fingerprint density at radius 1 is 1.52 bits per heavy atom. The van der Waals surface area contributed by atoms with Gasteiger partial charge in [-0.15, -0.1) is 0 Å². The predicted molar refractivity (Wildman–Crippen MR) is 77.1 cm³/mol. The molecule has 1 aliphatic rings. The molecular formula is C15H20N4O2. The Bertz CT molecular complexity index is 603. The number of carbonyl (C=O) groups excluding carboxylic acids is 1. The number of rotatable bonds is 3. The van der Waals surface area contributed by atoms with Gasteiger partial charge in [-0.2, -0.15) is 5.10 Å². The molecule has 0 unspecified atom stereocenters. The van der Waals surface area contributed by atoms with Crippen molar-refractivity contribution in [3.8, 4) is 0 Å². The third-order valence-corrected chi connectivity index (χ3v) is 4.00. The predicted octanol–water partition coefficient (Wildman–Crippen LogP) is 2.54. The van der Waals surface area contributed by atoms with Crippen LogP contribution >= 0.6 is 0 Å². The molecule has 0 spiro atoms. The summed E-state index contributed by atoms with van der Waals surface area (Å²) in [5.41, 5.74) is 1.91. The summed E-state index contributed by atoms with van der Waals surface area (Å²) in [7, 11) is 0. The highest BCUT2D eigenvalue weighted by atomic mass is 16.5. The maximum absolute atomic E-state index is 12.5. The molecule has 3 rings (SSSR count). The van der Waals surface area contributed by atoms with Gasteiger partial charge in [0.15, 0.2) is 0 Å². The van der Waals surface area contributed by atoms with Crippen LogP contribution in [-0.2, 0) is 0 Å². The molecule has 1 N–H and O–H groups in total. The first-order valence-corrected chi connectivity index (χ1v) is 7.40. The standard InChI is InChI=1S/C15H20N4O2/c1-10(2)13-8-14(21-18-13)15(20)19-7-3-4-11(9-19)12-5-6-16-17-12/h5-6,8,10-11H,3-4,7,9H2,1-2H3,(H,16,17)/t11-/m0/s1. The molecule has 0 aromatic carbocycles. The zero-order valence-electron chi connectivity index (χ0n) is 12.4. The monoisotopic (exact) mass is 288 g/mol. The van der Waals surface area contributed by atoms with E-state index in [9.17, 15) is 4.79 Å². The van der Waals surface area contributed by atoms with Gasteiger partial charge in [-0.3, -0.25) is 9.89 Å². The van der Waals surface area contributed by atoms with Gasteiger partial charge >= 0.3 is 0 Å². The fourth-order valence-electron chi connectivity index (χ4n) is 2.73. The number of nitrogens with zero attached hydrogens (tertiary/aromatic N) is 3. The van der Waals surface area contributed by atoms with Gasteiger partial charge in [-0.1, -0.05) is 19.0 Å². The molecule has 1 fully saturated rings. The van der Waals surface area contributed by atoms with Crippen molar-refractivity contribution in [1.29, 1.82) is 0 Å². The molecule has 2 aromatic heterocycles. The van der Waals surface area contributed by atoms with E-state index in [1.54, 1.807) is 12.3 Å². The van der Waals surface area contributed by atoms with Crippen molar-refractivity contribution in [2.75, 3.05) is 13.1 Å². The van der Waals surface area contributed by atoms with E-state index in [1.807, 2.05) is 24.8 Å². The number of hydrogen-bond acceptors (Lipinski definition) is 4. The normalized spacial score (nSPS) is 19.2. The molecule has 112 valence electrons. The Kier molecular flexibility index (Phi) is 3.77. The number of aromatic nitrogens is 3. The summed E-state index contributed by atoms with van der Waals surface area (Å²) in [6.45, 7) is 5.52. The van der Waals surface area contributed by atoms with Crippen molar-refractivity contribution in [2.45, 2.75) is 38.5 Å². The molecule has 0 bridgehead atoms. The molecule has 21 heavy (non-hydrogen) atoms. The van der Waals surface area contributed by atoms with E-state index in [2.05, 4.69) is 15.4 Å². The lowest BCUT2D eigenvalue weighted by atomic mass is 9.95. The number of nitrogens with one attached hydrogen (secondary N) is 1. The van der Waals surface area contributed by atoms with Crippen molar-refractivity contribution in [3.63, 3.8) is 0 Å². The minimum absolute atomic E-state index is 0.0707. The summed E-state index contributed by atoms with van der Waals surface area (Å²) < 4.78 is 5.21. The van der Waals surface area contributed by atoms with Crippen LogP contribution in [0.4, 0.5) is 0 Å². The molecule has 1 atom stereocenters. The lowest BCUT2D eigenvalue weighted by Gasteiger charge is -2.31. The van der Waals surface area contributed by atoms with Gasteiger partial charge < -0.3 is 9.42 Å². The molecule has 1 aliphatic heterocycles. The Hall–Kier alpha value is -2.11. The summed E-state index contributed by atoms with van der Waals surface area (Å²) in [5.74, 6) is 0.842. The number of H-pyrrole nitrogens is 1. The van der Waals surface area contributed by atoms with E-state index in [-0.39, 0.29) is 11.8 Å². The number of piperidine rings is 1. The van der Waals surface area contributed by atoms with Crippen molar-refractivity contribution in [3.05, 3.63) is 35.5 Å². The minimum atomic E-state index is -0.0707. The van der Waals surface area contributed by atoms with Crippen LogP contribution in [0.3, 0.4) is 0 Å². The van der Waals surface area contributed by atoms with E-state index in [0.29, 0.717) is 18.2 Å². The van der Waals surface area contributed by atoms with Gasteiger partial charge in [-0.25, -0.2) is 0 Å². The molecule has 6 nitrogen and oxygen atoms in total. The third-order valence-electron chi connectivity index (χ3n) is 4.00. The number of amides is 1. The van der Waals surface area contributed by atoms with Crippen LogP contribution in [0.1, 0.15) is 60.5 Å². The quantitative estimate of drug-likeness (QED) is 0.941. The molecule has 1 saturated heterocycles. The van der Waals surface area contributed by atoms with E-state index in [1.165, 1.54) is 0 Å². The average Bonchev–Trinajstić information content (AvgIpc) is 3.18. The average molecular weight is 288 g/mol. The Morgan fingerprint density at radius 2 is 2.38 bits per heavy atom. The molecule has 1 amide bonds. The lowest BCUT2D eigenvalue weighted by Crippen LogP contribution is -2.39. The third kappa shape index (κ3) is 2.84. The SMILES string of the molecule is CC(C)c1cc(C(=O)N2CCC[C@H](c3ccn[nH]3)C2)on1. The molecule has 0 radical (unpaired) electrons. The van der Waals surface area contributed by atoms with Gasteiger partial charge in [0.2, 0.25) is 5.76 Å². The summed E-state index contributed by atoms with van der Waals surface area (Å²) in [4.78, 5) is 14.4. The maximum Gasteiger partial charge on any atom is 0.292 e. The second-order valence-corrected chi connectivity index (χ2v) is 5.87. The number of hydrogen-bond donors (Lipinski definition) is 1. The van der Waals surface area contributed by atoms with Crippen LogP contribution in [0, 0.1) is 0 Å². The van der Waals surface area contributed by atoms with Gasteiger partial charge in [0, 0.05) is 37.0 Å². The van der Waals surface area contributed by atoms with Gasteiger partial charge in [-0.05, 0) is 24.8 Å². The van der Waals surface area contributed by atoms with Crippen molar-refractivity contribution < 1.29 is 9.32 Å². The van der Waals surface area contributed by atoms with Gasteiger partial charge in [0.1, 0.15) is 0 Å². The zero-order valence-corrected chi connectivity index (χ0v) is 12.4. The van der Waals surface area contributed by atoms with Crippen LogP contribution in [-0.4, -0.2) is 39.3 Å². The highest BCUT2D eigenvalue weighted by Crippen LogP contribution is 2.26. The molecular weight excluding hydrogens is 268 g/mol. The van der Waals surface area contributed by atoms with Crippen LogP contribution < -0.4 is 0 Å². The smallest absolute Gasteiger partial charge is 0.292 e. The second-order valence-electron chi connectivity index (χ2n) is 5.87. The molecule has 6 heteroatoms. The fourth-order valence-corrected chi connectivity index (χ4v) is 2.73. The number of aromatic amines is 1.